The van der Waals surface area contributed by atoms with E-state index in [1.165, 1.54) is 13.1 Å². The first-order chi connectivity index (χ1) is 8.01. The highest BCUT2D eigenvalue weighted by atomic mass is 32.2. The molecule has 0 aliphatic carbocycles. The third kappa shape index (κ3) is 2.32. The average molecular weight is 271 g/mol. The molecule has 2 rings (SSSR count). The van der Waals surface area contributed by atoms with Gasteiger partial charge in [-0.3, -0.25) is 4.31 Å². The van der Waals surface area contributed by atoms with Crippen LogP contribution in [0.4, 0.5) is 10.1 Å². The van der Waals surface area contributed by atoms with Crippen LogP contribution in [0.5, 0.6) is 0 Å². The van der Waals surface area contributed by atoms with Crippen molar-refractivity contribution in [3.63, 3.8) is 0 Å². The molecule has 1 heterocycles. The summed E-state index contributed by atoms with van der Waals surface area (Å²) < 4.78 is 38.2. The SMILES string of the molecule is CN(c1ccccc1)S(=O)(=O)c1ccc(F)s1. The number of thiophene rings is 1. The standard InChI is InChI=1S/C11H10FNO2S2/c1-13(9-5-3-2-4-6-9)17(14,15)11-8-7-10(12)16-11/h2-8H,1H3. The van der Waals surface area contributed by atoms with E-state index < -0.39 is 15.2 Å². The van der Waals surface area contributed by atoms with Crippen molar-refractivity contribution in [2.75, 3.05) is 11.4 Å². The van der Waals surface area contributed by atoms with Gasteiger partial charge < -0.3 is 0 Å². The van der Waals surface area contributed by atoms with E-state index in [4.69, 9.17) is 0 Å². The molecule has 90 valence electrons. The lowest BCUT2D eigenvalue weighted by molar-refractivity contribution is 0.596. The van der Waals surface area contributed by atoms with Crippen molar-refractivity contribution in [3.8, 4) is 0 Å². The van der Waals surface area contributed by atoms with Gasteiger partial charge in [0.05, 0.1) is 5.69 Å². The molecule has 0 aliphatic heterocycles. The van der Waals surface area contributed by atoms with Crippen LogP contribution in [0.1, 0.15) is 0 Å². The molecule has 0 atom stereocenters. The van der Waals surface area contributed by atoms with Crippen LogP contribution in [-0.4, -0.2) is 15.5 Å². The zero-order chi connectivity index (χ0) is 12.5. The van der Waals surface area contributed by atoms with Crippen molar-refractivity contribution in [2.24, 2.45) is 0 Å². The molecule has 0 bridgehead atoms. The Kier molecular flexibility index (Phi) is 3.17. The van der Waals surface area contributed by atoms with Gasteiger partial charge in [-0.25, -0.2) is 8.42 Å². The van der Waals surface area contributed by atoms with E-state index in [0.29, 0.717) is 17.0 Å². The molecule has 0 aliphatic rings. The molecule has 2 aromatic rings. The lowest BCUT2D eigenvalue weighted by Crippen LogP contribution is -2.25. The molecule has 0 fully saturated rings. The molecule has 0 N–H and O–H groups in total. The van der Waals surface area contributed by atoms with Crippen LogP contribution in [0.15, 0.2) is 46.7 Å². The van der Waals surface area contributed by atoms with Crippen molar-refractivity contribution in [1.29, 1.82) is 0 Å². The second-order valence-electron chi connectivity index (χ2n) is 3.37. The summed E-state index contributed by atoms with van der Waals surface area (Å²) in [4.78, 5) is 0. The van der Waals surface area contributed by atoms with Gasteiger partial charge in [0.25, 0.3) is 10.0 Å². The van der Waals surface area contributed by atoms with E-state index in [9.17, 15) is 12.8 Å². The molecule has 6 heteroatoms. The predicted octanol–water partition coefficient (Wildman–Crippen LogP) is 2.71. The van der Waals surface area contributed by atoms with Gasteiger partial charge in [-0.1, -0.05) is 29.5 Å². The van der Waals surface area contributed by atoms with Gasteiger partial charge in [-0.15, -0.1) is 0 Å². The summed E-state index contributed by atoms with van der Waals surface area (Å²) in [5.74, 6) is 0. The Morgan fingerprint density at radius 2 is 1.76 bits per heavy atom. The predicted molar refractivity (Wildman–Crippen MR) is 66.3 cm³/mol. The van der Waals surface area contributed by atoms with E-state index in [2.05, 4.69) is 0 Å². The van der Waals surface area contributed by atoms with Crippen molar-refractivity contribution in [3.05, 3.63) is 47.6 Å². The van der Waals surface area contributed by atoms with Crippen molar-refractivity contribution < 1.29 is 12.8 Å². The Morgan fingerprint density at radius 3 is 2.29 bits per heavy atom. The average Bonchev–Trinajstić information content (AvgIpc) is 2.77. The Morgan fingerprint density at radius 1 is 1.12 bits per heavy atom. The quantitative estimate of drug-likeness (QED) is 0.860. The highest BCUT2D eigenvalue weighted by Crippen LogP contribution is 2.26. The number of para-hydroxylation sites is 1. The molecule has 0 unspecified atom stereocenters. The van der Waals surface area contributed by atoms with Gasteiger partial charge in [-0.05, 0) is 24.3 Å². The summed E-state index contributed by atoms with van der Waals surface area (Å²) in [5.41, 5.74) is 0.543. The monoisotopic (exact) mass is 271 g/mol. The fourth-order valence-electron chi connectivity index (χ4n) is 1.35. The highest BCUT2D eigenvalue weighted by molar-refractivity contribution is 7.94. The maximum atomic E-state index is 12.9. The first-order valence-corrected chi connectivity index (χ1v) is 7.07. The first-order valence-electron chi connectivity index (χ1n) is 4.81. The number of benzene rings is 1. The maximum absolute atomic E-state index is 12.9. The van der Waals surface area contributed by atoms with Gasteiger partial charge in [0, 0.05) is 7.05 Å². The molecule has 1 aromatic carbocycles. The minimum atomic E-state index is -3.66. The third-order valence-corrected chi connectivity index (χ3v) is 5.41. The summed E-state index contributed by atoms with van der Waals surface area (Å²) in [5, 5.41) is -0.509. The number of sulfonamides is 1. The van der Waals surface area contributed by atoms with Gasteiger partial charge in [-0.2, -0.15) is 4.39 Å². The van der Waals surface area contributed by atoms with Crippen LogP contribution in [0.3, 0.4) is 0 Å². The molecule has 0 saturated heterocycles. The fraction of sp³-hybridized carbons (Fsp3) is 0.0909. The van der Waals surface area contributed by atoms with E-state index in [1.807, 2.05) is 0 Å². The van der Waals surface area contributed by atoms with Crippen LogP contribution in [-0.2, 0) is 10.0 Å². The number of anilines is 1. The van der Waals surface area contributed by atoms with Gasteiger partial charge >= 0.3 is 0 Å². The summed E-state index contributed by atoms with van der Waals surface area (Å²) in [6, 6.07) is 11.1. The van der Waals surface area contributed by atoms with Crippen LogP contribution >= 0.6 is 11.3 Å². The second-order valence-corrected chi connectivity index (χ2v) is 6.60. The number of hydrogen-bond donors (Lipinski definition) is 0. The normalized spacial score (nSPS) is 11.4. The molecular weight excluding hydrogens is 261 g/mol. The van der Waals surface area contributed by atoms with Crippen LogP contribution in [0, 0.1) is 5.13 Å². The number of nitrogens with zero attached hydrogens (tertiary/aromatic N) is 1. The minimum absolute atomic E-state index is 0.00125. The Hall–Kier alpha value is -1.40. The second kappa shape index (κ2) is 4.46. The zero-order valence-electron chi connectivity index (χ0n) is 9.00. The molecule has 0 radical (unpaired) electrons. The van der Waals surface area contributed by atoms with Gasteiger partial charge in [0.15, 0.2) is 5.13 Å². The fourth-order valence-corrected chi connectivity index (χ4v) is 3.72. The minimum Gasteiger partial charge on any atom is -0.269 e. The topological polar surface area (TPSA) is 37.4 Å². The number of hydrogen-bond acceptors (Lipinski definition) is 3. The van der Waals surface area contributed by atoms with Crippen molar-refractivity contribution in [1.82, 2.24) is 0 Å². The lowest BCUT2D eigenvalue weighted by Gasteiger charge is -2.17. The van der Waals surface area contributed by atoms with E-state index in [0.717, 1.165) is 10.4 Å². The Balaban J connectivity index is 2.40. The van der Waals surface area contributed by atoms with E-state index in [1.54, 1.807) is 30.3 Å². The largest absolute Gasteiger partial charge is 0.273 e. The van der Waals surface area contributed by atoms with Gasteiger partial charge in [0.1, 0.15) is 4.21 Å². The van der Waals surface area contributed by atoms with Crippen molar-refractivity contribution in [2.45, 2.75) is 4.21 Å². The molecular formula is C11H10FNO2S2. The lowest BCUT2D eigenvalue weighted by atomic mass is 10.3. The number of rotatable bonds is 3. The Bertz CT molecular complexity index is 607. The Labute approximate surface area is 103 Å². The maximum Gasteiger partial charge on any atom is 0.273 e. The smallest absolute Gasteiger partial charge is 0.269 e. The molecule has 0 saturated carbocycles. The van der Waals surface area contributed by atoms with E-state index in [-0.39, 0.29) is 4.21 Å². The molecule has 1 aromatic heterocycles. The highest BCUT2D eigenvalue weighted by Gasteiger charge is 2.23. The van der Waals surface area contributed by atoms with Crippen LogP contribution in [0.2, 0.25) is 0 Å². The molecule has 3 nitrogen and oxygen atoms in total. The van der Waals surface area contributed by atoms with Gasteiger partial charge in [0.2, 0.25) is 0 Å². The summed E-state index contributed by atoms with van der Waals surface area (Å²) in [7, 11) is -2.21. The van der Waals surface area contributed by atoms with Crippen molar-refractivity contribution >= 4 is 27.0 Å². The van der Waals surface area contributed by atoms with Crippen LogP contribution in [0.25, 0.3) is 0 Å². The summed E-state index contributed by atoms with van der Waals surface area (Å²) in [6.07, 6.45) is 0. The zero-order valence-corrected chi connectivity index (χ0v) is 10.6. The first kappa shape index (κ1) is 12.1. The number of halogens is 1. The summed E-state index contributed by atoms with van der Waals surface area (Å²) in [6.45, 7) is 0. The van der Waals surface area contributed by atoms with Crippen LogP contribution < -0.4 is 4.31 Å². The van der Waals surface area contributed by atoms with E-state index >= 15 is 0 Å². The third-order valence-electron chi connectivity index (χ3n) is 2.28. The molecule has 17 heavy (non-hydrogen) atoms. The molecule has 0 amide bonds. The molecule has 0 spiro atoms. The summed E-state index contributed by atoms with van der Waals surface area (Å²) >= 11 is 0.621.